The third kappa shape index (κ3) is 4.56. The molecule has 2 amide bonds. The van der Waals surface area contributed by atoms with E-state index in [1.165, 1.54) is 11.3 Å². The molecule has 1 heterocycles. The van der Waals surface area contributed by atoms with Crippen LogP contribution in [-0.2, 0) is 14.3 Å². The number of fused-ring (bicyclic) bond motifs is 1. The zero-order valence-corrected chi connectivity index (χ0v) is 22.0. The summed E-state index contributed by atoms with van der Waals surface area (Å²) in [4.78, 5) is 40.8. The quantitative estimate of drug-likeness (QED) is 0.264. The van der Waals surface area contributed by atoms with Gasteiger partial charge in [-0.1, -0.05) is 65.1 Å². The summed E-state index contributed by atoms with van der Waals surface area (Å²) >= 11 is 7.24. The van der Waals surface area contributed by atoms with Gasteiger partial charge >= 0.3 is 5.97 Å². The fraction of sp³-hybridized carbons (Fsp3) is 0.640. The number of nitrogens with zero attached hydrogens (tertiary/aromatic N) is 1. The third-order valence-corrected chi connectivity index (χ3v) is 10.2. The second-order valence-electron chi connectivity index (χ2n) is 10.0. The van der Waals surface area contributed by atoms with Crippen LogP contribution in [0.1, 0.15) is 63.2 Å². The Morgan fingerprint density at radius 2 is 1.66 bits per heavy atom. The molecular formula is C25H31Br2NO4. The number of amides is 2. The van der Waals surface area contributed by atoms with Crippen LogP contribution in [0.3, 0.4) is 0 Å². The van der Waals surface area contributed by atoms with E-state index in [2.05, 4.69) is 52.6 Å². The summed E-state index contributed by atoms with van der Waals surface area (Å²) in [7, 11) is 0. The number of hydrogen-bond donors (Lipinski definition) is 0. The minimum Gasteiger partial charge on any atom is -0.458 e. The van der Waals surface area contributed by atoms with Crippen LogP contribution in [-0.4, -0.2) is 33.5 Å². The van der Waals surface area contributed by atoms with Crippen LogP contribution >= 0.6 is 31.9 Å². The summed E-state index contributed by atoms with van der Waals surface area (Å²) in [5, 5.41) is 0. The van der Waals surface area contributed by atoms with Crippen molar-refractivity contribution in [2.24, 2.45) is 29.6 Å². The largest absolute Gasteiger partial charge is 0.458 e. The van der Waals surface area contributed by atoms with E-state index in [4.69, 9.17) is 4.74 Å². The highest BCUT2D eigenvalue weighted by Gasteiger charge is 2.52. The lowest BCUT2D eigenvalue weighted by atomic mass is 9.75. The molecule has 3 fully saturated rings. The summed E-state index contributed by atoms with van der Waals surface area (Å²) in [6, 6.07) is 6.77. The molecule has 7 atom stereocenters. The average Bonchev–Trinajstić information content (AvgIpc) is 2.98. The fourth-order valence-corrected chi connectivity index (χ4v) is 6.81. The first-order chi connectivity index (χ1) is 15.2. The van der Waals surface area contributed by atoms with Crippen molar-refractivity contribution in [2.75, 3.05) is 4.90 Å². The highest BCUT2D eigenvalue weighted by molar-refractivity contribution is 9.12. The van der Waals surface area contributed by atoms with Crippen LogP contribution < -0.4 is 4.90 Å². The van der Waals surface area contributed by atoms with Gasteiger partial charge in [0.2, 0.25) is 11.8 Å². The highest BCUT2D eigenvalue weighted by Crippen LogP contribution is 2.44. The second-order valence-corrected chi connectivity index (χ2v) is 12.4. The zero-order chi connectivity index (χ0) is 23.2. The van der Waals surface area contributed by atoms with Crippen LogP contribution in [0.2, 0.25) is 0 Å². The molecule has 32 heavy (non-hydrogen) atoms. The smallest absolute Gasteiger partial charge is 0.338 e. The predicted octanol–water partition coefficient (Wildman–Crippen LogP) is 5.73. The number of benzene rings is 1. The van der Waals surface area contributed by atoms with Gasteiger partial charge in [-0.3, -0.25) is 14.5 Å². The van der Waals surface area contributed by atoms with E-state index in [9.17, 15) is 14.4 Å². The number of esters is 1. The molecule has 7 heteroatoms. The van der Waals surface area contributed by atoms with Crippen molar-refractivity contribution < 1.29 is 19.1 Å². The first kappa shape index (κ1) is 23.9. The molecule has 2 aliphatic carbocycles. The Hall–Kier alpha value is -1.21. The number of carbonyl (C=O) groups is 3. The summed E-state index contributed by atoms with van der Waals surface area (Å²) in [6.45, 7) is 6.57. The van der Waals surface area contributed by atoms with Gasteiger partial charge in [-0.15, -0.1) is 0 Å². The number of rotatable bonds is 4. The molecule has 0 aromatic heterocycles. The molecule has 0 unspecified atom stereocenters. The van der Waals surface area contributed by atoms with E-state index >= 15 is 0 Å². The molecule has 0 N–H and O–H groups in total. The van der Waals surface area contributed by atoms with Crippen molar-refractivity contribution in [1.82, 2.24) is 0 Å². The van der Waals surface area contributed by atoms with Crippen molar-refractivity contribution in [2.45, 2.75) is 68.6 Å². The Bertz CT molecular complexity index is 876. The van der Waals surface area contributed by atoms with Gasteiger partial charge in [0, 0.05) is 9.65 Å². The van der Waals surface area contributed by atoms with Crippen molar-refractivity contribution in [1.29, 1.82) is 0 Å². The zero-order valence-electron chi connectivity index (χ0n) is 18.8. The molecule has 0 radical (unpaired) electrons. The molecule has 1 aromatic carbocycles. The highest BCUT2D eigenvalue weighted by atomic mass is 79.9. The number of ether oxygens (including phenoxy) is 1. The number of carbonyl (C=O) groups excluding carboxylic acids is 3. The molecule has 0 bridgehead atoms. The minimum atomic E-state index is -0.380. The fourth-order valence-electron chi connectivity index (χ4n) is 5.58. The maximum absolute atomic E-state index is 13.1. The van der Waals surface area contributed by atoms with Crippen molar-refractivity contribution in [3.63, 3.8) is 0 Å². The number of alkyl halides is 2. The maximum atomic E-state index is 13.1. The third-order valence-electron chi connectivity index (χ3n) is 7.47. The van der Waals surface area contributed by atoms with E-state index in [1.807, 2.05) is 0 Å². The molecule has 3 aliphatic rings. The molecule has 174 valence electrons. The van der Waals surface area contributed by atoms with Crippen molar-refractivity contribution in [3.8, 4) is 0 Å². The van der Waals surface area contributed by atoms with Gasteiger partial charge in [0.15, 0.2) is 0 Å². The van der Waals surface area contributed by atoms with Crippen LogP contribution in [0.15, 0.2) is 24.3 Å². The van der Waals surface area contributed by atoms with Crippen molar-refractivity contribution in [3.05, 3.63) is 29.8 Å². The molecule has 1 aromatic rings. The predicted molar refractivity (Wildman–Crippen MR) is 131 cm³/mol. The molecule has 2 saturated carbocycles. The standard InChI is InChI=1S/C25H31Br2NO4/c1-13(2)17-8-7-14(3)9-22(17)32-25(31)15-5-4-6-16(10-15)28-23(29)18-11-20(26)21(27)12-19(18)24(28)30/h4-6,10,13-14,17-22H,7-9,11-12H2,1-3H3/t14-,17+,18-,19+,20+,21-,22-/m1/s1. The first-order valence-electron chi connectivity index (χ1n) is 11.6. The number of anilines is 1. The van der Waals surface area contributed by atoms with Crippen LogP contribution in [0, 0.1) is 29.6 Å². The monoisotopic (exact) mass is 567 g/mol. The first-order valence-corrected chi connectivity index (χ1v) is 13.5. The van der Waals surface area contributed by atoms with Crippen LogP contribution in [0.4, 0.5) is 5.69 Å². The molecule has 4 rings (SSSR count). The number of hydrogen-bond acceptors (Lipinski definition) is 4. The summed E-state index contributed by atoms with van der Waals surface area (Å²) in [6.07, 6.45) is 4.26. The molecule has 1 aliphatic heterocycles. The maximum Gasteiger partial charge on any atom is 0.338 e. The van der Waals surface area contributed by atoms with Gasteiger partial charge in [-0.25, -0.2) is 4.79 Å². The Labute approximate surface area is 206 Å². The molecule has 5 nitrogen and oxygen atoms in total. The topological polar surface area (TPSA) is 63.7 Å². The number of halogens is 2. The minimum absolute atomic E-state index is 0.0976. The van der Waals surface area contributed by atoms with Gasteiger partial charge in [-0.05, 0) is 61.6 Å². The van der Waals surface area contributed by atoms with E-state index in [0.717, 1.165) is 12.8 Å². The van der Waals surface area contributed by atoms with Gasteiger partial charge in [-0.2, -0.15) is 0 Å². The van der Waals surface area contributed by atoms with Crippen molar-refractivity contribution >= 4 is 55.3 Å². The lowest BCUT2D eigenvalue weighted by Crippen LogP contribution is -2.36. The molecular weight excluding hydrogens is 538 g/mol. The second kappa shape index (κ2) is 9.57. The lowest BCUT2D eigenvalue weighted by Gasteiger charge is -2.36. The molecule has 0 spiro atoms. The van der Waals surface area contributed by atoms with Gasteiger partial charge in [0.05, 0.1) is 23.1 Å². The Morgan fingerprint density at radius 1 is 1.03 bits per heavy atom. The lowest BCUT2D eigenvalue weighted by molar-refractivity contribution is -0.122. The molecule has 1 saturated heterocycles. The Kier molecular flexibility index (Phi) is 7.16. The van der Waals surface area contributed by atoms with Crippen LogP contribution in [0.25, 0.3) is 0 Å². The van der Waals surface area contributed by atoms with E-state index in [1.54, 1.807) is 24.3 Å². The van der Waals surface area contributed by atoms with Gasteiger partial charge in [0.1, 0.15) is 6.10 Å². The SMILES string of the molecule is CC(C)[C@@H]1CC[C@@H](C)C[C@H]1OC(=O)c1cccc(N2C(=O)[C@H]3C[C@@H](Br)[C@@H](Br)C[C@H]3C2=O)c1. The van der Waals surface area contributed by atoms with E-state index in [0.29, 0.717) is 41.8 Å². The van der Waals surface area contributed by atoms with E-state index < -0.39 is 0 Å². The summed E-state index contributed by atoms with van der Waals surface area (Å²) in [5.41, 5.74) is 0.842. The Morgan fingerprint density at radius 3 is 2.25 bits per heavy atom. The summed E-state index contributed by atoms with van der Waals surface area (Å²) in [5.74, 6) is -0.00349. The Balaban J connectivity index is 1.53. The van der Waals surface area contributed by atoms with Gasteiger partial charge in [0.25, 0.3) is 0 Å². The normalized spacial score (nSPS) is 35.2. The number of imide groups is 1. The average molecular weight is 569 g/mol. The van der Waals surface area contributed by atoms with Gasteiger partial charge < -0.3 is 4.74 Å². The summed E-state index contributed by atoms with van der Waals surface area (Å²) < 4.78 is 5.98. The van der Waals surface area contributed by atoms with E-state index in [-0.39, 0.29) is 45.4 Å². The van der Waals surface area contributed by atoms with Crippen LogP contribution in [0.5, 0.6) is 0 Å².